The van der Waals surface area contributed by atoms with Gasteiger partial charge in [0.1, 0.15) is 0 Å². The van der Waals surface area contributed by atoms with E-state index < -0.39 is 103 Å². The van der Waals surface area contributed by atoms with Gasteiger partial charge in [-0.1, -0.05) is 103 Å². The van der Waals surface area contributed by atoms with Crippen LogP contribution in [0.25, 0.3) is 0 Å². The second-order valence-electron chi connectivity index (χ2n) is 1.77. The highest BCUT2D eigenvalue weighted by molar-refractivity contribution is 4.48. The average Bonchev–Trinajstić information content (AvgIpc) is 2.86. The largest absolute Gasteiger partial charge is 0.0654 e. The van der Waals surface area contributed by atoms with E-state index >= 15 is 0 Å². The summed E-state index contributed by atoms with van der Waals surface area (Å²) in [6.45, 7) is -7.04. The fraction of sp³-hybridized carbons (Fsp3) is 1.00. The van der Waals surface area contributed by atoms with Crippen LogP contribution < -0.4 is 0 Å². The predicted molar refractivity (Wildman–Crippen MR) is 76.0 cm³/mol. The Bertz CT molecular complexity index is 1190. The minimum absolute atomic E-state index is 2.94. The van der Waals surface area contributed by atoms with Crippen LogP contribution in [0, 0.1) is 0 Å². The van der Waals surface area contributed by atoms with E-state index in [2.05, 4.69) is 0 Å². The van der Waals surface area contributed by atoms with Gasteiger partial charge in [-0.3, -0.25) is 0 Å². The Hall–Kier alpha value is 0. The number of hydrogen-bond acceptors (Lipinski definition) is 0. The summed E-state index contributed by atoms with van der Waals surface area (Å²) >= 11 is 0. The predicted octanol–water partition coefficient (Wildman–Crippen LogP) is 6.49. The monoisotopic (exact) mass is 259 g/mol. The maximum atomic E-state index is 8.15. The lowest BCUT2D eigenvalue weighted by molar-refractivity contribution is 0.538. The first-order chi connectivity index (χ1) is 20.4. The maximum absolute atomic E-state index is 8.15. The fourth-order valence-electron chi connectivity index (χ4n) is 0.380. The van der Waals surface area contributed by atoms with Crippen molar-refractivity contribution in [1.82, 2.24) is 0 Å². The van der Waals surface area contributed by atoms with Crippen LogP contribution in [0.3, 0.4) is 0 Å². The minimum atomic E-state index is -5.09. The van der Waals surface area contributed by atoms with Crippen LogP contribution >= 0.6 is 0 Å². The molecule has 0 aliphatic heterocycles. The summed E-state index contributed by atoms with van der Waals surface area (Å²) in [7, 11) is 0. The SMILES string of the molecule is [2H]C([2H])C([2H])([2H])C([2H])([2H])C([2H])([2H])C([2H])([2H])C([2H])([2H])C([2H])([2H])C([2H])([2H])C([2H])([2H])C([2H])([2H])C([2H])([2H])C([2H])([2H])C([2H])([2H])C([2H])([2H])C([2H])([2H])C([2H])([2H])[2H]. The molecular formula is C16H34. The molecule has 16 heavy (non-hydrogen) atoms. The van der Waals surface area contributed by atoms with E-state index in [9.17, 15) is 0 Å². The molecule has 0 aromatic rings. The van der Waals surface area contributed by atoms with E-state index in [0.29, 0.717) is 0 Å². The van der Waals surface area contributed by atoms with Crippen molar-refractivity contribution in [2.24, 2.45) is 0 Å². The molecule has 0 N–H and O–H groups in total. The molecule has 0 saturated heterocycles. The summed E-state index contributed by atoms with van der Waals surface area (Å²) in [5.74, 6) is 0. The van der Waals surface area contributed by atoms with Crippen molar-refractivity contribution in [1.29, 1.82) is 0 Å². The highest BCUT2D eigenvalue weighted by atomic mass is 14.0. The molecule has 0 atom stereocenters. The average molecular weight is 260 g/mol. The van der Waals surface area contributed by atoms with Crippen LogP contribution in [0.1, 0.15) is 148 Å². The topological polar surface area (TPSA) is 0 Å². The first-order valence-corrected chi connectivity index (χ1v) is 3.79. The molecular weight excluding hydrogens is 192 g/mol. The van der Waals surface area contributed by atoms with Gasteiger partial charge in [0, 0.05) is 45.2 Å². The molecule has 0 aromatic carbocycles. The highest BCUT2D eigenvalue weighted by Crippen LogP contribution is 2.12. The summed E-state index contributed by atoms with van der Waals surface area (Å²) in [4.78, 5) is 0. The molecule has 0 heterocycles. The van der Waals surface area contributed by atoms with Crippen molar-refractivity contribution in [3.8, 4) is 0 Å². The summed E-state index contributed by atoms with van der Waals surface area (Å²) in [6, 6.07) is 0. The lowest BCUT2D eigenvalue weighted by Crippen LogP contribution is -1.82. The van der Waals surface area contributed by atoms with Gasteiger partial charge in [0.2, 0.25) is 0 Å². The Balaban J connectivity index is 7.66. The van der Waals surface area contributed by atoms with E-state index in [1.807, 2.05) is 0 Å². The van der Waals surface area contributed by atoms with E-state index in [-0.39, 0.29) is 0 Å². The molecule has 0 nitrogen and oxygen atoms in total. The van der Waals surface area contributed by atoms with Crippen molar-refractivity contribution in [3.63, 3.8) is 0 Å². The zero-order chi connectivity index (χ0) is 41.1. The number of hydrogen-bond donors (Lipinski definition) is 0. The van der Waals surface area contributed by atoms with Gasteiger partial charge in [0.25, 0.3) is 0 Å². The smallest absolute Gasteiger partial charge is 0.0267 e. The fourth-order valence-corrected chi connectivity index (χ4v) is 0.380. The van der Waals surface area contributed by atoms with Crippen LogP contribution in [0.15, 0.2) is 0 Å². The third-order valence-corrected chi connectivity index (χ3v) is 0.822. The Morgan fingerprint density at radius 2 is 0.938 bits per heavy atom. The summed E-state index contributed by atoms with van der Waals surface area (Å²) in [6.07, 6.45) is -67.1. The molecule has 98 valence electrons. The maximum Gasteiger partial charge on any atom is 0.0267 e. The molecule has 0 aliphatic rings. The van der Waals surface area contributed by atoms with Crippen LogP contribution in [0.5, 0.6) is 0 Å². The molecule has 0 saturated carbocycles. The van der Waals surface area contributed by atoms with Gasteiger partial charge in [-0.15, -0.1) is 0 Å². The van der Waals surface area contributed by atoms with Gasteiger partial charge in [-0.2, -0.15) is 0 Å². The molecule has 0 aromatic heterocycles. The molecule has 0 heteroatoms. The van der Waals surface area contributed by atoms with Gasteiger partial charge in [-0.05, 0) is 0 Å². The second-order valence-corrected chi connectivity index (χ2v) is 1.77. The standard InChI is InChI=1S/C16H34/c1-3-5-7-9-11-13-15-16-14-12-10-8-6-4-2/h3-16H2,1-2H3/i1D2,2D3,3D2,4D2,5D2,6D2,7D2,8D2,9D2,10D2,11D2,12D2,13D2,14D2,15D2,16D2. The molecule has 0 spiro atoms. The zero-order valence-corrected chi connectivity index (χ0v) is 8.08. The van der Waals surface area contributed by atoms with Crippen molar-refractivity contribution in [3.05, 3.63) is 0 Å². The van der Waals surface area contributed by atoms with Crippen LogP contribution in [-0.4, -0.2) is 0 Å². The third-order valence-electron chi connectivity index (χ3n) is 0.822. The molecule has 0 rings (SSSR count). The quantitative estimate of drug-likeness (QED) is 0.355. The Morgan fingerprint density at radius 1 is 0.562 bits per heavy atom. The van der Waals surface area contributed by atoms with Gasteiger partial charge in [0.15, 0.2) is 0 Å². The molecule has 0 amide bonds. The van der Waals surface area contributed by atoms with Gasteiger partial charge >= 0.3 is 0 Å². The summed E-state index contributed by atoms with van der Waals surface area (Å²) in [5.41, 5.74) is 0. The van der Waals surface area contributed by atoms with Gasteiger partial charge < -0.3 is 0 Å². The van der Waals surface area contributed by atoms with Crippen molar-refractivity contribution in [2.75, 3.05) is 0 Å². The zero-order valence-electron chi connectivity index (χ0n) is 41.1. The molecule has 0 unspecified atom stereocenters. The van der Waals surface area contributed by atoms with Gasteiger partial charge in [0.05, 0.1) is 0 Å². The first kappa shape index (κ1) is 1.56. The summed E-state index contributed by atoms with van der Waals surface area (Å²) < 4.78 is 259. The van der Waals surface area contributed by atoms with E-state index in [1.165, 1.54) is 0 Å². The minimum Gasteiger partial charge on any atom is -0.0654 e. The van der Waals surface area contributed by atoms with E-state index in [4.69, 9.17) is 45.2 Å². The molecule has 0 bridgehead atoms. The highest BCUT2D eigenvalue weighted by Gasteiger charge is 1.92. The normalized spacial score (nSPS) is 54.9. The van der Waals surface area contributed by atoms with Crippen LogP contribution in [-0.2, 0) is 0 Å². The molecule has 0 aliphatic carbocycles. The Kier molecular flexibility index (Phi) is 1.46. The van der Waals surface area contributed by atoms with Crippen LogP contribution in [0.4, 0.5) is 0 Å². The van der Waals surface area contributed by atoms with E-state index in [0.717, 1.165) is 0 Å². The molecule has 0 radical (unpaired) electrons. The third kappa shape index (κ3) is 14.0. The van der Waals surface area contributed by atoms with Crippen molar-refractivity contribution < 1.29 is 45.2 Å². The van der Waals surface area contributed by atoms with Gasteiger partial charge in [-0.25, -0.2) is 0 Å². The van der Waals surface area contributed by atoms with Crippen LogP contribution in [0.2, 0.25) is 0 Å². The van der Waals surface area contributed by atoms with E-state index in [1.54, 1.807) is 0 Å². The lowest BCUT2D eigenvalue weighted by atomic mass is 10.0. The second kappa shape index (κ2) is 15.0. The molecule has 0 fully saturated rings. The number of rotatable bonds is 13. The Labute approximate surface area is 151 Å². The first-order valence-electron chi connectivity index (χ1n) is 20.4. The Morgan fingerprint density at radius 3 is 1.31 bits per heavy atom. The lowest BCUT2D eigenvalue weighted by Gasteiger charge is -2.02. The van der Waals surface area contributed by atoms with Crippen molar-refractivity contribution >= 4 is 0 Å². The van der Waals surface area contributed by atoms with Crippen molar-refractivity contribution in [2.45, 2.75) is 103 Å². The summed E-state index contributed by atoms with van der Waals surface area (Å²) in [5, 5.41) is 0.